The van der Waals surface area contributed by atoms with Crippen LogP contribution in [0.4, 0.5) is 14.0 Å². The number of benzene rings is 2. The van der Waals surface area contributed by atoms with Gasteiger partial charge in [-0.05, 0) is 59.6 Å². The quantitative estimate of drug-likeness (QED) is 0.321. The van der Waals surface area contributed by atoms with E-state index in [0.717, 1.165) is 0 Å². The minimum Gasteiger partial charge on any atom is -0.456 e. The van der Waals surface area contributed by atoms with Gasteiger partial charge in [0.1, 0.15) is 17.2 Å². The van der Waals surface area contributed by atoms with Crippen molar-refractivity contribution in [3.05, 3.63) is 71.8 Å². The van der Waals surface area contributed by atoms with Crippen LogP contribution in [0.25, 0.3) is 0 Å². The summed E-state index contributed by atoms with van der Waals surface area (Å²) in [5.74, 6) is -3.68. The molecule has 0 aliphatic carbocycles. The standard InChI is InChI=1S/C29H34FN3O7/c1-18(31-25(37)40-28(5,6)7)22(34)33-26(38)32(21(30)23(35)39-27(2,3)4)24(36)29(33,19-14-10-8-11-15-19)20-16-12-9-13-17-20/h8-18,21H,1-7H3,(H,31,37)/t18-,21?/m0/s1. The number of hydrogen-bond acceptors (Lipinski definition) is 7. The number of alkyl carbamates (subject to hydrolysis) is 1. The molecule has 1 aliphatic heterocycles. The van der Waals surface area contributed by atoms with Crippen LogP contribution in [0.3, 0.4) is 0 Å². The van der Waals surface area contributed by atoms with Gasteiger partial charge in [0.15, 0.2) is 5.54 Å². The maximum absolute atomic E-state index is 15.7. The van der Waals surface area contributed by atoms with Crippen molar-refractivity contribution in [2.75, 3.05) is 0 Å². The molecule has 10 nitrogen and oxygen atoms in total. The molecule has 1 fully saturated rings. The normalized spacial score (nSPS) is 16.8. The molecule has 3 rings (SSSR count). The van der Waals surface area contributed by atoms with Gasteiger partial charge in [-0.2, -0.15) is 0 Å². The number of carbonyl (C=O) groups excluding carboxylic acids is 5. The van der Waals surface area contributed by atoms with Crippen molar-refractivity contribution in [3.63, 3.8) is 0 Å². The van der Waals surface area contributed by atoms with Crippen molar-refractivity contribution in [2.45, 2.75) is 77.5 Å². The summed E-state index contributed by atoms with van der Waals surface area (Å²) in [6, 6.07) is 12.9. The first-order valence-electron chi connectivity index (χ1n) is 12.7. The highest BCUT2D eigenvalue weighted by Crippen LogP contribution is 2.44. The smallest absolute Gasteiger partial charge is 0.408 e. The van der Waals surface area contributed by atoms with E-state index in [2.05, 4.69) is 5.32 Å². The Morgan fingerprint density at radius 2 is 1.27 bits per heavy atom. The first kappa shape index (κ1) is 30.3. The Bertz CT molecular complexity index is 1250. The molecule has 1 heterocycles. The molecular formula is C29H34FN3O7. The SMILES string of the molecule is C[C@H](NC(=O)OC(C)(C)C)C(=O)N1C(=O)N(C(F)C(=O)OC(C)(C)C)C(=O)C1(c1ccccc1)c1ccccc1. The molecule has 1 N–H and O–H groups in total. The summed E-state index contributed by atoms with van der Waals surface area (Å²) >= 11 is 0. The number of ether oxygens (including phenoxy) is 2. The van der Waals surface area contributed by atoms with Crippen LogP contribution in [-0.2, 0) is 29.4 Å². The molecule has 2 aromatic carbocycles. The molecule has 40 heavy (non-hydrogen) atoms. The third-order valence-corrected chi connectivity index (χ3v) is 5.80. The highest BCUT2D eigenvalue weighted by atomic mass is 19.1. The van der Waals surface area contributed by atoms with E-state index in [1.807, 2.05) is 0 Å². The molecule has 11 heteroatoms. The fourth-order valence-electron chi connectivity index (χ4n) is 4.29. The van der Waals surface area contributed by atoms with E-state index in [1.165, 1.54) is 52.0 Å². The van der Waals surface area contributed by atoms with Gasteiger partial charge >= 0.3 is 18.1 Å². The van der Waals surface area contributed by atoms with Crippen molar-refractivity contribution >= 4 is 29.9 Å². The number of carbonyl (C=O) groups is 5. The van der Waals surface area contributed by atoms with Crippen LogP contribution in [0.1, 0.15) is 59.6 Å². The molecule has 0 saturated carbocycles. The van der Waals surface area contributed by atoms with E-state index in [1.54, 1.807) is 57.2 Å². The molecule has 0 bridgehead atoms. The molecule has 0 aromatic heterocycles. The van der Waals surface area contributed by atoms with Crippen LogP contribution >= 0.6 is 0 Å². The van der Waals surface area contributed by atoms with Crippen LogP contribution in [0, 0.1) is 0 Å². The molecule has 2 atom stereocenters. The average molecular weight is 556 g/mol. The second-order valence-electron chi connectivity index (χ2n) is 11.3. The zero-order valence-electron chi connectivity index (χ0n) is 23.6. The summed E-state index contributed by atoms with van der Waals surface area (Å²) < 4.78 is 26.0. The Kier molecular flexibility index (Phi) is 8.37. The van der Waals surface area contributed by atoms with Gasteiger partial charge < -0.3 is 14.8 Å². The number of nitrogens with one attached hydrogen (secondary N) is 1. The van der Waals surface area contributed by atoms with E-state index in [0.29, 0.717) is 4.90 Å². The molecule has 214 valence electrons. The number of nitrogens with zero attached hydrogens (tertiary/aromatic N) is 2. The van der Waals surface area contributed by atoms with Crippen molar-refractivity contribution in [2.24, 2.45) is 0 Å². The van der Waals surface area contributed by atoms with E-state index >= 15 is 4.39 Å². The summed E-state index contributed by atoms with van der Waals surface area (Å²) in [5, 5.41) is 2.37. The number of halogens is 1. The van der Waals surface area contributed by atoms with E-state index in [4.69, 9.17) is 9.47 Å². The van der Waals surface area contributed by atoms with E-state index in [-0.39, 0.29) is 16.0 Å². The van der Waals surface area contributed by atoms with Crippen molar-refractivity contribution in [3.8, 4) is 0 Å². The lowest BCUT2D eigenvalue weighted by molar-refractivity contribution is -0.169. The molecule has 0 radical (unpaired) electrons. The first-order chi connectivity index (χ1) is 18.5. The zero-order valence-corrected chi connectivity index (χ0v) is 23.6. The highest BCUT2D eigenvalue weighted by molar-refractivity contribution is 6.18. The van der Waals surface area contributed by atoms with E-state index in [9.17, 15) is 24.0 Å². The Labute approximate surface area is 232 Å². The summed E-state index contributed by atoms with van der Waals surface area (Å²) in [5.41, 5.74) is -3.87. The molecule has 5 amide bonds. The Morgan fingerprint density at radius 1 is 0.825 bits per heavy atom. The Hall–Kier alpha value is -4.28. The minimum atomic E-state index is -2.85. The molecular weight excluding hydrogens is 521 g/mol. The van der Waals surface area contributed by atoms with Crippen LogP contribution in [0.2, 0.25) is 0 Å². The van der Waals surface area contributed by atoms with Gasteiger partial charge in [-0.3, -0.25) is 9.59 Å². The minimum absolute atomic E-state index is 0.0895. The summed E-state index contributed by atoms with van der Waals surface area (Å²) in [4.78, 5) is 67.9. The second-order valence-corrected chi connectivity index (χ2v) is 11.3. The van der Waals surface area contributed by atoms with Crippen molar-refractivity contribution < 1.29 is 37.8 Å². The number of imide groups is 2. The van der Waals surface area contributed by atoms with Crippen molar-refractivity contribution in [1.29, 1.82) is 0 Å². The molecule has 1 saturated heterocycles. The van der Waals surface area contributed by atoms with Crippen LogP contribution in [0.5, 0.6) is 0 Å². The van der Waals surface area contributed by atoms with Gasteiger partial charge in [0.25, 0.3) is 18.1 Å². The predicted molar refractivity (Wildman–Crippen MR) is 142 cm³/mol. The van der Waals surface area contributed by atoms with Gasteiger partial charge in [-0.1, -0.05) is 60.7 Å². The number of alkyl halides is 1. The number of esters is 1. The topological polar surface area (TPSA) is 122 Å². The monoisotopic (exact) mass is 555 g/mol. The largest absolute Gasteiger partial charge is 0.456 e. The van der Waals surface area contributed by atoms with Gasteiger partial charge in [0, 0.05) is 0 Å². The Morgan fingerprint density at radius 3 is 1.70 bits per heavy atom. The predicted octanol–water partition coefficient (Wildman–Crippen LogP) is 4.27. The van der Waals surface area contributed by atoms with E-state index < -0.39 is 59.0 Å². The molecule has 0 spiro atoms. The lowest BCUT2D eigenvalue weighted by Gasteiger charge is -2.36. The van der Waals surface area contributed by atoms with Crippen LogP contribution in [0.15, 0.2) is 60.7 Å². The summed E-state index contributed by atoms with van der Waals surface area (Å²) in [6.07, 6.45) is -3.79. The average Bonchev–Trinajstić information content (AvgIpc) is 3.08. The van der Waals surface area contributed by atoms with Crippen LogP contribution < -0.4 is 5.32 Å². The molecule has 1 unspecified atom stereocenters. The van der Waals surface area contributed by atoms with Gasteiger partial charge in [0.2, 0.25) is 0 Å². The fourth-order valence-corrected chi connectivity index (χ4v) is 4.29. The first-order valence-corrected chi connectivity index (χ1v) is 12.7. The van der Waals surface area contributed by atoms with Gasteiger partial charge in [-0.25, -0.2) is 28.6 Å². The Balaban J connectivity index is 2.20. The maximum Gasteiger partial charge on any atom is 0.408 e. The van der Waals surface area contributed by atoms with Gasteiger partial charge in [-0.15, -0.1) is 0 Å². The lowest BCUT2D eigenvalue weighted by Crippen LogP contribution is -2.56. The van der Waals surface area contributed by atoms with Gasteiger partial charge in [0.05, 0.1) is 0 Å². The fraction of sp³-hybridized carbons (Fsp3) is 0.414. The summed E-state index contributed by atoms with van der Waals surface area (Å²) in [6.45, 7) is 10.7. The zero-order chi connectivity index (χ0) is 30.0. The maximum atomic E-state index is 15.7. The number of urea groups is 1. The number of hydrogen-bond donors (Lipinski definition) is 1. The molecule has 2 aromatic rings. The lowest BCUT2D eigenvalue weighted by atomic mass is 9.81. The third kappa shape index (κ3) is 5.98. The second kappa shape index (κ2) is 11.1. The number of rotatable bonds is 6. The van der Waals surface area contributed by atoms with Crippen LogP contribution in [-0.4, -0.2) is 63.2 Å². The van der Waals surface area contributed by atoms with Crippen molar-refractivity contribution in [1.82, 2.24) is 15.1 Å². The number of amides is 5. The summed E-state index contributed by atoms with van der Waals surface area (Å²) in [7, 11) is 0. The highest BCUT2D eigenvalue weighted by Gasteiger charge is 2.65. The molecule has 1 aliphatic rings. The third-order valence-electron chi connectivity index (χ3n) is 5.80.